The first-order valence-electron chi connectivity index (χ1n) is 12.0. The maximum absolute atomic E-state index is 14.1. The monoisotopic (exact) mass is 502 g/mol. The Morgan fingerprint density at radius 2 is 0.784 bits per heavy atom. The molecule has 0 N–H and O–H groups in total. The Kier molecular flexibility index (Phi) is 6.10. The van der Waals surface area contributed by atoms with Gasteiger partial charge in [-0.1, -0.05) is 103 Å². The average molecular weight is 503 g/mol. The molecule has 5 heteroatoms. The van der Waals surface area contributed by atoms with Gasteiger partial charge in [0.15, 0.2) is 0 Å². The van der Waals surface area contributed by atoms with Crippen molar-refractivity contribution in [2.75, 3.05) is 0 Å². The Bertz CT molecular complexity index is 1640. The van der Waals surface area contributed by atoms with Crippen molar-refractivity contribution in [3.8, 4) is 28.4 Å². The summed E-state index contributed by atoms with van der Waals surface area (Å²) >= 11 is 0. The summed E-state index contributed by atoms with van der Waals surface area (Å²) in [6, 6.07) is 44.2. The molecule has 0 unspecified atom stereocenters. The zero-order valence-corrected chi connectivity index (χ0v) is 20.8. The van der Waals surface area contributed by atoms with Crippen LogP contribution in [0.2, 0.25) is 0 Å². The van der Waals surface area contributed by atoms with E-state index in [-0.39, 0.29) is 0 Å². The number of hydrogen-bond donors (Lipinski definition) is 0. The van der Waals surface area contributed by atoms with Crippen LogP contribution in [0, 0.1) is 0 Å². The van der Waals surface area contributed by atoms with Gasteiger partial charge in [0.1, 0.15) is 17.2 Å². The Morgan fingerprint density at radius 1 is 0.378 bits per heavy atom. The normalized spacial score (nSPS) is 11.4. The van der Waals surface area contributed by atoms with Crippen LogP contribution in [-0.2, 0) is 4.57 Å². The van der Waals surface area contributed by atoms with Gasteiger partial charge in [-0.05, 0) is 69.1 Å². The summed E-state index contributed by atoms with van der Waals surface area (Å²) in [4.78, 5) is 0. The fourth-order valence-electron chi connectivity index (χ4n) is 4.23. The number of hydrogen-bond acceptors (Lipinski definition) is 4. The Morgan fingerprint density at radius 3 is 1.32 bits per heavy atom. The van der Waals surface area contributed by atoms with E-state index in [9.17, 15) is 4.57 Å². The summed E-state index contributed by atoms with van der Waals surface area (Å²) in [5.74, 6) is 1.16. The molecule has 0 radical (unpaired) electrons. The minimum Gasteiger partial charge on any atom is -0.386 e. The zero-order chi connectivity index (χ0) is 25.1. The summed E-state index contributed by atoms with van der Waals surface area (Å²) in [6.45, 7) is 0. The van der Waals surface area contributed by atoms with Gasteiger partial charge in [-0.3, -0.25) is 0 Å². The topological polar surface area (TPSA) is 44.8 Å². The lowest BCUT2D eigenvalue weighted by atomic mass is 10.1. The molecule has 0 aliphatic rings. The van der Waals surface area contributed by atoms with E-state index in [1.54, 1.807) is 24.3 Å². The Balaban J connectivity index is 1.33. The highest BCUT2D eigenvalue weighted by atomic mass is 31.2. The minimum absolute atomic E-state index is 0.379. The Hall–Kier alpha value is -4.53. The van der Waals surface area contributed by atoms with Crippen LogP contribution in [-0.4, -0.2) is 0 Å². The maximum atomic E-state index is 14.1. The smallest absolute Gasteiger partial charge is 0.386 e. The average Bonchev–Trinajstić information content (AvgIpc) is 2.93. The van der Waals surface area contributed by atoms with Crippen molar-refractivity contribution in [3.63, 3.8) is 0 Å². The summed E-state index contributed by atoms with van der Waals surface area (Å²) in [5.41, 5.74) is 2.10. The summed E-state index contributed by atoms with van der Waals surface area (Å²) in [5, 5.41) is 4.03. The van der Waals surface area contributed by atoms with Crippen LogP contribution in [0.1, 0.15) is 0 Å². The fourth-order valence-corrected chi connectivity index (χ4v) is 5.47. The highest BCUT2D eigenvalue weighted by molar-refractivity contribution is 7.49. The molecule has 180 valence electrons. The standard InChI is InChI=1S/C32H23O4P/c33-37(35-31-20-16-25-10-4-6-12-28(25)22-31,36-32-21-17-26-11-5-7-13-29(26)23-32)34-30-18-14-27(15-19-30)24-8-2-1-3-9-24/h1-23H. The number of benzene rings is 6. The van der Waals surface area contributed by atoms with Gasteiger partial charge in [-0.2, -0.15) is 4.57 Å². The van der Waals surface area contributed by atoms with E-state index in [0.29, 0.717) is 17.2 Å². The van der Waals surface area contributed by atoms with Crippen molar-refractivity contribution < 1.29 is 18.1 Å². The summed E-state index contributed by atoms with van der Waals surface area (Å²) in [6.07, 6.45) is 0. The molecular formula is C32H23O4P. The van der Waals surface area contributed by atoms with E-state index in [2.05, 4.69) is 0 Å². The number of phosphoric ester groups is 1. The van der Waals surface area contributed by atoms with E-state index in [0.717, 1.165) is 32.7 Å². The SMILES string of the molecule is O=P(Oc1ccc(-c2ccccc2)cc1)(Oc1ccc2ccccc2c1)Oc1ccc2ccccc2c1. The van der Waals surface area contributed by atoms with Crippen LogP contribution in [0.15, 0.2) is 140 Å². The first-order chi connectivity index (χ1) is 18.1. The largest absolute Gasteiger partial charge is 0.647 e. The van der Waals surface area contributed by atoms with Crippen LogP contribution in [0.4, 0.5) is 0 Å². The molecule has 0 aromatic heterocycles. The third kappa shape index (κ3) is 5.20. The van der Waals surface area contributed by atoms with Crippen molar-refractivity contribution in [1.82, 2.24) is 0 Å². The van der Waals surface area contributed by atoms with Crippen LogP contribution in [0.25, 0.3) is 32.7 Å². The van der Waals surface area contributed by atoms with Gasteiger partial charge in [0.25, 0.3) is 0 Å². The lowest BCUT2D eigenvalue weighted by molar-refractivity contribution is 0.299. The third-order valence-electron chi connectivity index (χ3n) is 6.05. The second-order valence-electron chi connectivity index (χ2n) is 8.63. The lowest BCUT2D eigenvalue weighted by Crippen LogP contribution is -2.07. The first kappa shape index (κ1) is 22.9. The van der Waals surface area contributed by atoms with E-state index in [1.807, 2.05) is 115 Å². The molecule has 0 atom stereocenters. The third-order valence-corrected chi connectivity index (χ3v) is 7.36. The zero-order valence-electron chi connectivity index (χ0n) is 19.9. The number of rotatable bonds is 7. The predicted molar refractivity (Wildman–Crippen MR) is 149 cm³/mol. The second kappa shape index (κ2) is 9.85. The molecule has 6 aromatic rings. The molecule has 0 aliphatic heterocycles. The van der Waals surface area contributed by atoms with Crippen LogP contribution >= 0.6 is 7.82 Å². The molecule has 0 amide bonds. The van der Waals surface area contributed by atoms with E-state index in [1.165, 1.54) is 0 Å². The first-order valence-corrected chi connectivity index (χ1v) is 13.4. The molecule has 0 saturated carbocycles. The molecular weight excluding hydrogens is 479 g/mol. The quantitative estimate of drug-likeness (QED) is 0.204. The molecule has 0 fully saturated rings. The molecule has 0 aliphatic carbocycles. The van der Waals surface area contributed by atoms with Crippen molar-refractivity contribution in [1.29, 1.82) is 0 Å². The van der Waals surface area contributed by atoms with E-state index in [4.69, 9.17) is 13.6 Å². The molecule has 0 heterocycles. The highest BCUT2D eigenvalue weighted by Crippen LogP contribution is 2.50. The van der Waals surface area contributed by atoms with E-state index >= 15 is 0 Å². The van der Waals surface area contributed by atoms with Gasteiger partial charge >= 0.3 is 7.82 Å². The molecule has 0 spiro atoms. The molecule has 0 bridgehead atoms. The minimum atomic E-state index is -4.13. The molecule has 0 saturated heterocycles. The molecule has 37 heavy (non-hydrogen) atoms. The van der Waals surface area contributed by atoms with Crippen LogP contribution in [0.5, 0.6) is 17.2 Å². The van der Waals surface area contributed by atoms with Crippen molar-refractivity contribution >= 4 is 29.4 Å². The van der Waals surface area contributed by atoms with Gasteiger partial charge in [-0.25, -0.2) is 0 Å². The van der Waals surface area contributed by atoms with Gasteiger partial charge in [0, 0.05) is 0 Å². The molecule has 6 rings (SSSR count). The summed E-state index contributed by atoms with van der Waals surface area (Å²) in [7, 11) is -4.13. The van der Waals surface area contributed by atoms with Gasteiger partial charge in [0.05, 0.1) is 0 Å². The predicted octanol–water partition coefficient (Wildman–Crippen LogP) is 9.30. The van der Waals surface area contributed by atoms with E-state index < -0.39 is 7.82 Å². The fraction of sp³-hybridized carbons (Fsp3) is 0. The van der Waals surface area contributed by atoms with Crippen molar-refractivity contribution in [3.05, 3.63) is 140 Å². The van der Waals surface area contributed by atoms with Crippen molar-refractivity contribution in [2.45, 2.75) is 0 Å². The van der Waals surface area contributed by atoms with Gasteiger partial charge < -0.3 is 13.6 Å². The second-order valence-corrected chi connectivity index (χ2v) is 10.1. The van der Waals surface area contributed by atoms with Crippen LogP contribution in [0.3, 0.4) is 0 Å². The molecule has 4 nitrogen and oxygen atoms in total. The Labute approximate surface area is 215 Å². The number of phosphoric acid groups is 1. The van der Waals surface area contributed by atoms with Gasteiger partial charge in [0.2, 0.25) is 0 Å². The summed E-state index contributed by atoms with van der Waals surface area (Å²) < 4.78 is 31.9. The van der Waals surface area contributed by atoms with Crippen LogP contribution < -0.4 is 13.6 Å². The van der Waals surface area contributed by atoms with Crippen molar-refractivity contribution in [2.24, 2.45) is 0 Å². The molecule has 6 aromatic carbocycles. The number of fused-ring (bicyclic) bond motifs is 2. The van der Waals surface area contributed by atoms with Gasteiger partial charge in [-0.15, -0.1) is 0 Å². The maximum Gasteiger partial charge on any atom is 0.647 e. The lowest BCUT2D eigenvalue weighted by Gasteiger charge is -2.20. The highest BCUT2D eigenvalue weighted by Gasteiger charge is 2.33.